The highest BCUT2D eigenvalue weighted by atomic mass is 19.3. The molecular weight excluding hydrogens is 220 g/mol. The number of aromatic nitrogens is 1. The van der Waals surface area contributed by atoms with E-state index in [0.717, 1.165) is 13.1 Å². The summed E-state index contributed by atoms with van der Waals surface area (Å²) in [5.74, 6) is -3.94. The summed E-state index contributed by atoms with van der Waals surface area (Å²) < 4.78 is 29.8. The van der Waals surface area contributed by atoms with Crippen LogP contribution in [0, 0.1) is 6.92 Å². The minimum atomic E-state index is -2.93. The number of ether oxygens (including phenoxy) is 1. The summed E-state index contributed by atoms with van der Waals surface area (Å²) in [7, 11) is 0. The van der Waals surface area contributed by atoms with E-state index in [1.165, 1.54) is 6.07 Å². The first kappa shape index (κ1) is 12.4. The Balaban J connectivity index is 2.80. The molecule has 6 heteroatoms. The maximum absolute atomic E-state index is 12.5. The molecule has 1 aromatic heterocycles. The number of carboxylic acids is 1. The fourth-order valence-electron chi connectivity index (χ4n) is 1.02. The first-order valence-corrected chi connectivity index (χ1v) is 4.50. The monoisotopic (exact) mass is 231 g/mol. The third-order valence-electron chi connectivity index (χ3n) is 1.76. The zero-order chi connectivity index (χ0) is 12.3. The van der Waals surface area contributed by atoms with Crippen LogP contribution in [-0.4, -0.2) is 28.6 Å². The van der Waals surface area contributed by atoms with Gasteiger partial charge in [-0.05, 0) is 18.6 Å². The van der Waals surface area contributed by atoms with Crippen molar-refractivity contribution in [2.45, 2.75) is 19.8 Å². The second-order valence-electron chi connectivity index (χ2n) is 3.50. The molecule has 0 fully saturated rings. The molecule has 4 nitrogen and oxygen atoms in total. The van der Waals surface area contributed by atoms with Crippen LogP contribution in [0.1, 0.15) is 23.0 Å². The fraction of sp³-hybridized carbons (Fsp3) is 0.400. The van der Waals surface area contributed by atoms with Gasteiger partial charge in [0.05, 0.1) is 6.20 Å². The maximum Gasteiger partial charge on any atom is 0.354 e. The Morgan fingerprint density at radius 3 is 2.69 bits per heavy atom. The van der Waals surface area contributed by atoms with Crippen LogP contribution in [0.15, 0.2) is 12.3 Å². The van der Waals surface area contributed by atoms with Crippen molar-refractivity contribution in [1.82, 2.24) is 4.98 Å². The van der Waals surface area contributed by atoms with Gasteiger partial charge in [-0.3, -0.25) is 0 Å². The van der Waals surface area contributed by atoms with Crippen molar-refractivity contribution in [1.29, 1.82) is 0 Å². The highest BCUT2D eigenvalue weighted by Crippen LogP contribution is 2.20. The maximum atomic E-state index is 12.5. The summed E-state index contributed by atoms with van der Waals surface area (Å²) in [4.78, 5) is 14.1. The minimum absolute atomic E-state index is 0.145. The summed E-state index contributed by atoms with van der Waals surface area (Å²) in [6, 6.07) is 1.27. The topological polar surface area (TPSA) is 59.4 Å². The molecule has 0 unspecified atom stereocenters. The van der Waals surface area contributed by atoms with Crippen molar-refractivity contribution in [3.63, 3.8) is 0 Å². The summed E-state index contributed by atoms with van der Waals surface area (Å²) in [6.45, 7) is 1.54. The van der Waals surface area contributed by atoms with Crippen molar-refractivity contribution < 1.29 is 23.4 Å². The van der Waals surface area contributed by atoms with E-state index in [4.69, 9.17) is 9.84 Å². The molecule has 1 heterocycles. The zero-order valence-corrected chi connectivity index (χ0v) is 8.83. The number of pyridine rings is 1. The van der Waals surface area contributed by atoms with E-state index in [0.29, 0.717) is 5.56 Å². The van der Waals surface area contributed by atoms with Gasteiger partial charge in [0.15, 0.2) is 6.61 Å². The van der Waals surface area contributed by atoms with Crippen LogP contribution in [0.25, 0.3) is 0 Å². The molecule has 0 spiro atoms. The van der Waals surface area contributed by atoms with Gasteiger partial charge in [0, 0.05) is 6.92 Å². The predicted molar refractivity (Wildman–Crippen MR) is 52.0 cm³/mol. The number of halogens is 2. The molecule has 1 N–H and O–H groups in total. The third-order valence-corrected chi connectivity index (χ3v) is 1.76. The first-order valence-electron chi connectivity index (χ1n) is 4.50. The second-order valence-corrected chi connectivity index (χ2v) is 3.50. The molecule has 88 valence electrons. The van der Waals surface area contributed by atoms with E-state index in [9.17, 15) is 13.6 Å². The van der Waals surface area contributed by atoms with Crippen LogP contribution in [0.5, 0.6) is 5.75 Å². The van der Waals surface area contributed by atoms with E-state index in [1.54, 1.807) is 6.92 Å². The Hall–Kier alpha value is -1.72. The summed E-state index contributed by atoms with van der Waals surface area (Å²) in [5, 5.41) is 8.64. The third kappa shape index (κ3) is 3.45. The Morgan fingerprint density at radius 2 is 2.25 bits per heavy atom. The molecule has 0 bridgehead atoms. The number of aryl methyl sites for hydroxylation is 1. The van der Waals surface area contributed by atoms with E-state index in [2.05, 4.69) is 4.98 Å². The van der Waals surface area contributed by atoms with Crippen molar-refractivity contribution >= 4 is 5.97 Å². The molecule has 0 amide bonds. The minimum Gasteiger partial charge on any atom is -0.485 e. The molecule has 0 saturated heterocycles. The van der Waals surface area contributed by atoms with Crippen LogP contribution >= 0.6 is 0 Å². The Bertz CT molecular complexity index is 402. The van der Waals surface area contributed by atoms with Gasteiger partial charge in [0.2, 0.25) is 0 Å². The Kier molecular flexibility index (Phi) is 3.41. The zero-order valence-electron chi connectivity index (χ0n) is 8.83. The van der Waals surface area contributed by atoms with Crippen molar-refractivity contribution in [2.75, 3.05) is 6.61 Å². The average molecular weight is 231 g/mol. The fourth-order valence-corrected chi connectivity index (χ4v) is 1.02. The molecule has 1 aromatic rings. The van der Waals surface area contributed by atoms with Gasteiger partial charge in [0.1, 0.15) is 11.4 Å². The lowest BCUT2D eigenvalue weighted by Crippen LogP contribution is -2.21. The lowest BCUT2D eigenvalue weighted by molar-refractivity contribution is -0.0232. The molecule has 16 heavy (non-hydrogen) atoms. The molecule has 0 radical (unpaired) electrons. The molecule has 0 aliphatic rings. The smallest absolute Gasteiger partial charge is 0.354 e. The van der Waals surface area contributed by atoms with Crippen molar-refractivity contribution in [3.8, 4) is 5.75 Å². The number of hydrogen-bond acceptors (Lipinski definition) is 3. The number of alkyl halides is 2. The number of hydrogen-bond donors (Lipinski definition) is 1. The lowest BCUT2D eigenvalue weighted by Gasteiger charge is -2.13. The normalized spacial score (nSPS) is 11.2. The van der Waals surface area contributed by atoms with E-state index >= 15 is 0 Å². The largest absolute Gasteiger partial charge is 0.485 e. The molecule has 0 saturated carbocycles. The SMILES string of the molecule is Cc1cc(C(=O)O)ncc1OCC(C)(F)F. The van der Waals surface area contributed by atoms with Gasteiger partial charge in [0.25, 0.3) is 5.92 Å². The van der Waals surface area contributed by atoms with Crippen LogP contribution < -0.4 is 4.74 Å². The lowest BCUT2D eigenvalue weighted by atomic mass is 10.2. The van der Waals surface area contributed by atoms with E-state index < -0.39 is 18.5 Å². The van der Waals surface area contributed by atoms with E-state index in [-0.39, 0.29) is 11.4 Å². The molecule has 1 rings (SSSR count). The molecule has 0 atom stereocenters. The summed E-state index contributed by atoms with van der Waals surface area (Å²) in [6.07, 6.45) is 1.13. The predicted octanol–water partition coefficient (Wildman–Crippen LogP) is 2.12. The van der Waals surface area contributed by atoms with Crippen LogP contribution in [-0.2, 0) is 0 Å². The highest BCUT2D eigenvalue weighted by Gasteiger charge is 2.22. The van der Waals surface area contributed by atoms with Gasteiger partial charge < -0.3 is 9.84 Å². The Morgan fingerprint density at radius 1 is 1.62 bits per heavy atom. The number of aromatic carboxylic acids is 1. The molecule has 0 aliphatic heterocycles. The first-order chi connectivity index (χ1) is 7.29. The van der Waals surface area contributed by atoms with Crippen LogP contribution in [0.4, 0.5) is 8.78 Å². The number of rotatable bonds is 4. The summed E-state index contributed by atoms with van der Waals surface area (Å²) >= 11 is 0. The number of carboxylic acid groups (broad SMARTS) is 1. The van der Waals surface area contributed by atoms with Gasteiger partial charge in [-0.25, -0.2) is 18.6 Å². The molecular formula is C10H11F2NO3. The standard InChI is InChI=1S/C10H11F2NO3/c1-6-3-7(9(14)15)13-4-8(6)16-5-10(2,11)12/h3-4H,5H2,1-2H3,(H,14,15). The molecule has 0 aliphatic carbocycles. The van der Waals surface area contributed by atoms with Gasteiger partial charge in [-0.15, -0.1) is 0 Å². The molecule has 0 aromatic carbocycles. The van der Waals surface area contributed by atoms with Crippen molar-refractivity contribution in [3.05, 3.63) is 23.5 Å². The summed E-state index contributed by atoms with van der Waals surface area (Å²) in [5.41, 5.74) is 0.310. The highest BCUT2D eigenvalue weighted by molar-refractivity contribution is 5.85. The van der Waals surface area contributed by atoms with Gasteiger partial charge in [-0.2, -0.15) is 0 Å². The van der Waals surface area contributed by atoms with Gasteiger partial charge >= 0.3 is 5.97 Å². The second kappa shape index (κ2) is 4.42. The Labute approximate surface area is 90.9 Å². The number of nitrogens with zero attached hydrogens (tertiary/aromatic N) is 1. The van der Waals surface area contributed by atoms with Crippen LogP contribution in [0.2, 0.25) is 0 Å². The number of carbonyl (C=O) groups is 1. The van der Waals surface area contributed by atoms with Crippen LogP contribution in [0.3, 0.4) is 0 Å². The van der Waals surface area contributed by atoms with Crippen molar-refractivity contribution in [2.24, 2.45) is 0 Å². The average Bonchev–Trinajstić information content (AvgIpc) is 2.14. The van der Waals surface area contributed by atoms with Gasteiger partial charge in [-0.1, -0.05) is 0 Å². The quantitative estimate of drug-likeness (QED) is 0.862. The van der Waals surface area contributed by atoms with E-state index in [1.807, 2.05) is 0 Å².